The van der Waals surface area contributed by atoms with Crippen molar-refractivity contribution in [1.29, 1.82) is 0 Å². The third-order valence-corrected chi connectivity index (χ3v) is 5.60. The van der Waals surface area contributed by atoms with E-state index in [1.165, 1.54) is 16.7 Å². The number of thioether (sulfide) groups is 1. The van der Waals surface area contributed by atoms with Gasteiger partial charge in [-0.1, -0.05) is 0 Å². The van der Waals surface area contributed by atoms with E-state index in [1.54, 1.807) is 27.0 Å². The summed E-state index contributed by atoms with van der Waals surface area (Å²) in [4.78, 5) is 21.5. The van der Waals surface area contributed by atoms with E-state index in [0.29, 0.717) is 5.69 Å². The predicted octanol–water partition coefficient (Wildman–Crippen LogP) is 2.73. The van der Waals surface area contributed by atoms with Gasteiger partial charge in [0.25, 0.3) is 0 Å². The molecule has 13 heteroatoms. The maximum absolute atomic E-state index is 12.6. The molecule has 0 N–H and O–H groups in total. The molecule has 8 nitrogen and oxygen atoms in total. The number of rotatable bonds is 3. The molecule has 1 amide bonds. The van der Waals surface area contributed by atoms with Crippen LogP contribution in [0.5, 0.6) is 5.88 Å². The molecule has 2 rings (SSSR count). The van der Waals surface area contributed by atoms with E-state index < -0.39 is 38.6 Å². The third kappa shape index (κ3) is 5.19. The first kappa shape index (κ1) is 22.5. The number of halogens is 3. The van der Waals surface area contributed by atoms with Gasteiger partial charge in [0.15, 0.2) is 0 Å². The summed E-state index contributed by atoms with van der Waals surface area (Å²) in [7, 11) is -5.87. The van der Waals surface area contributed by atoms with Crippen LogP contribution in [-0.2, 0) is 27.7 Å². The zero-order chi connectivity index (χ0) is 21.3. The van der Waals surface area contributed by atoms with Crippen molar-refractivity contribution in [2.24, 2.45) is 0 Å². The van der Waals surface area contributed by atoms with Crippen LogP contribution in [0.2, 0.25) is 0 Å². The second-order valence-electron chi connectivity index (χ2n) is 6.91. The number of carbonyl (C=O) groups is 1. The molecule has 1 aromatic rings. The van der Waals surface area contributed by atoms with Crippen molar-refractivity contribution in [3.8, 4) is 5.88 Å². The average Bonchev–Trinajstić information content (AvgIpc) is 2.71. The van der Waals surface area contributed by atoms with Crippen LogP contribution in [0.3, 0.4) is 0 Å². The van der Waals surface area contributed by atoms with Crippen molar-refractivity contribution in [3.05, 3.63) is 17.6 Å². The minimum atomic E-state index is -5.87. The zero-order valence-corrected chi connectivity index (χ0v) is 17.2. The number of amides is 1. The first-order valence-electron chi connectivity index (χ1n) is 8.11. The lowest BCUT2D eigenvalue weighted by Crippen LogP contribution is -2.43. The predicted molar refractivity (Wildman–Crippen MR) is 95.3 cm³/mol. The Morgan fingerprint density at radius 2 is 1.93 bits per heavy atom. The van der Waals surface area contributed by atoms with Crippen LogP contribution < -0.4 is 4.18 Å². The summed E-state index contributed by atoms with van der Waals surface area (Å²) >= 11 is 1.33. The molecule has 0 radical (unpaired) electrons. The molecule has 0 saturated carbocycles. The van der Waals surface area contributed by atoms with Crippen LogP contribution in [0, 0.1) is 0 Å². The molecule has 2 heterocycles. The fourth-order valence-corrected chi connectivity index (χ4v) is 3.69. The highest BCUT2D eigenvalue weighted by Gasteiger charge is 2.49. The van der Waals surface area contributed by atoms with Crippen molar-refractivity contribution in [2.75, 3.05) is 12.8 Å². The maximum Gasteiger partial charge on any atom is 0.534 e. The molecule has 1 aromatic heterocycles. The van der Waals surface area contributed by atoms with Gasteiger partial charge in [0.1, 0.15) is 11.9 Å². The topological polar surface area (TPSA) is 98.7 Å². The fraction of sp³-hybridized carbons (Fsp3) is 0.667. The van der Waals surface area contributed by atoms with Gasteiger partial charge in [0.05, 0.1) is 11.1 Å². The Bertz CT molecular complexity index is 840. The van der Waals surface area contributed by atoms with E-state index in [1.807, 2.05) is 0 Å². The molecule has 0 aromatic carbocycles. The number of hydrogen-bond donors (Lipinski definition) is 0. The quantitative estimate of drug-likeness (QED) is 0.520. The Morgan fingerprint density at radius 1 is 1.29 bits per heavy atom. The minimum Gasteiger partial charge on any atom is -0.444 e. The van der Waals surface area contributed by atoms with Gasteiger partial charge >= 0.3 is 21.7 Å². The zero-order valence-electron chi connectivity index (χ0n) is 15.6. The van der Waals surface area contributed by atoms with Gasteiger partial charge in [0.2, 0.25) is 5.88 Å². The Morgan fingerprint density at radius 3 is 2.46 bits per heavy atom. The van der Waals surface area contributed by atoms with Gasteiger partial charge in [-0.15, -0.1) is 11.8 Å². The van der Waals surface area contributed by atoms with E-state index in [9.17, 15) is 26.4 Å². The smallest absolute Gasteiger partial charge is 0.444 e. The number of carbonyl (C=O) groups excluding carboxylic acids is 1. The Kier molecular flexibility index (Phi) is 6.38. The van der Waals surface area contributed by atoms with Gasteiger partial charge < -0.3 is 8.92 Å². The second kappa shape index (κ2) is 7.93. The molecule has 0 bridgehead atoms. The van der Waals surface area contributed by atoms with Crippen LogP contribution >= 0.6 is 11.8 Å². The van der Waals surface area contributed by atoms with Crippen LogP contribution in [0.15, 0.2) is 6.33 Å². The molecular weight excluding hydrogens is 423 g/mol. The lowest BCUT2D eigenvalue weighted by atomic mass is 10.1. The summed E-state index contributed by atoms with van der Waals surface area (Å²) in [5.74, 6) is -0.687. The number of nitrogens with zero attached hydrogens (tertiary/aromatic N) is 3. The van der Waals surface area contributed by atoms with E-state index in [-0.39, 0.29) is 24.9 Å². The summed E-state index contributed by atoms with van der Waals surface area (Å²) in [5.41, 5.74) is -5.89. The summed E-state index contributed by atoms with van der Waals surface area (Å²) in [6.07, 6.45) is 2.29. The Labute approximate surface area is 164 Å². The van der Waals surface area contributed by atoms with Crippen molar-refractivity contribution in [2.45, 2.75) is 50.1 Å². The number of ether oxygens (including phenoxy) is 1. The second-order valence-corrected chi connectivity index (χ2v) is 9.46. The Balaban J connectivity index is 2.34. The lowest BCUT2D eigenvalue weighted by Gasteiger charge is -2.31. The summed E-state index contributed by atoms with van der Waals surface area (Å²) < 4.78 is 70.2. The molecule has 28 heavy (non-hydrogen) atoms. The van der Waals surface area contributed by atoms with Crippen molar-refractivity contribution < 1.29 is 35.3 Å². The van der Waals surface area contributed by atoms with Crippen molar-refractivity contribution in [3.63, 3.8) is 0 Å². The SMILES string of the molecule is CSC1Cc2ncnc(OS(=O)(=O)C(F)(F)F)c2CCN1C(=O)OC(C)(C)C. The first-order chi connectivity index (χ1) is 12.7. The van der Waals surface area contributed by atoms with Gasteiger partial charge in [-0.2, -0.15) is 21.6 Å². The highest BCUT2D eigenvalue weighted by Crippen LogP contribution is 2.32. The Hall–Kier alpha value is -1.76. The van der Waals surface area contributed by atoms with E-state index >= 15 is 0 Å². The fourth-order valence-electron chi connectivity index (χ4n) is 2.47. The number of alkyl halides is 3. The third-order valence-electron chi connectivity index (χ3n) is 3.69. The van der Waals surface area contributed by atoms with E-state index in [0.717, 1.165) is 6.33 Å². The highest BCUT2D eigenvalue weighted by atomic mass is 32.2. The lowest BCUT2D eigenvalue weighted by molar-refractivity contribution is -0.0501. The number of aromatic nitrogens is 2. The van der Waals surface area contributed by atoms with Gasteiger partial charge in [-0.25, -0.2) is 14.8 Å². The summed E-state index contributed by atoms with van der Waals surface area (Å²) in [6, 6.07) is 0. The van der Waals surface area contributed by atoms with Crippen molar-refractivity contribution in [1.82, 2.24) is 14.9 Å². The highest BCUT2D eigenvalue weighted by molar-refractivity contribution is 7.99. The molecule has 1 atom stereocenters. The van der Waals surface area contributed by atoms with Gasteiger partial charge in [-0.3, -0.25) is 4.90 Å². The largest absolute Gasteiger partial charge is 0.534 e. The minimum absolute atomic E-state index is 0.00911. The summed E-state index contributed by atoms with van der Waals surface area (Å²) in [5, 5.41) is -0.405. The molecular formula is C15H20F3N3O5S2. The van der Waals surface area contributed by atoms with Crippen LogP contribution in [0.1, 0.15) is 32.0 Å². The van der Waals surface area contributed by atoms with Gasteiger partial charge in [-0.05, 0) is 33.4 Å². The average molecular weight is 443 g/mol. The standard InChI is InChI=1S/C15H20F3N3O5S2/c1-14(2,3)25-13(22)21-6-5-9-10(7-11(21)27-4)19-8-20-12(9)26-28(23,24)15(16,17)18/h8,11H,5-7H2,1-4H3. The molecule has 1 aliphatic rings. The molecule has 1 aliphatic heterocycles. The van der Waals surface area contributed by atoms with E-state index in [2.05, 4.69) is 14.2 Å². The van der Waals surface area contributed by atoms with Gasteiger partial charge in [0, 0.05) is 18.5 Å². The van der Waals surface area contributed by atoms with Crippen molar-refractivity contribution >= 4 is 28.0 Å². The molecule has 0 saturated heterocycles. The van der Waals surface area contributed by atoms with E-state index in [4.69, 9.17) is 4.74 Å². The number of fused-ring (bicyclic) bond motifs is 1. The van der Waals surface area contributed by atoms with Crippen LogP contribution in [0.25, 0.3) is 0 Å². The molecule has 0 aliphatic carbocycles. The summed E-state index contributed by atoms with van der Waals surface area (Å²) in [6.45, 7) is 5.21. The molecule has 0 fully saturated rings. The number of hydrogen-bond acceptors (Lipinski definition) is 8. The molecule has 158 valence electrons. The first-order valence-corrected chi connectivity index (χ1v) is 10.8. The molecule has 1 unspecified atom stereocenters. The normalized spacial score (nSPS) is 18.2. The monoisotopic (exact) mass is 443 g/mol. The molecule has 0 spiro atoms. The van der Waals surface area contributed by atoms with Crippen LogP contribution in [-0.4, -0.2) is 58.7 Å². The maximum atomic E-state index is 12.6. The van der Waals surface area contributed by atoms with Crippen LogP contribution in [0.4, 0.5) is 18.0 Å².